The SMILES string of the molecule is COc1cc(CC(N)c2ccc(Br)s2)ncn1. The van der Waals surface area contributed by atoms with Crippen molar-refractivity contribution in [1.82, 2.24) is 9.97 Å². The van der Waals surface area contributed by atoms with Gasteiger partial charge in [-0.25, -0.2) is 9.97 Å². The molecule has 6 heteroatoms. The van der Waals surface area contributed by atoms with E-state index in [2.05, 4.69) is 25.9 Å². The minimum absolute atomic E-state index is 0.0501. The first-order chi connectivity index (χ1) is 8.19. The first-order valence-electron chi connectivity index (χ1n) is 5.05. The van der Waals surface area contributed by atoms with Gasteiger partial charge in [0.1, 0.15) is 6.33 Å². The average molecular weight is 314 g/mol. The molecule has 1 atom stereocenters. The fourth-order valence-corrected chi connectivity index (χ4v) is 2.88. The van der Waals surface area contributed by atoms with Crippen LogP contribution < -0.4 is 10.5 Å². The third kappa shape index (κ3) is 3.24. The zero-order valence-corrected chi connectivity index (χ0v) is 11.7. The zero-order chi connectivity index (χ0) is 12.3. The fourth-order valence-electron chi connectivity index (χ4n) is 1.45. The molecule has 0 aliphatic carbocycles. The predicted molar refractivity (Wildman–Crippen MR) is 71.2 cm³/mol. The molecule has 17 heavy (non-hydrogen) atoms. The number of methoxy groups -OCH3 is 1. The Balaban J connectivity index is 2.09. The van der Waals surface area contributed by atoms with Crippen molar-refractivity contribution in [3.8, 4) is 5.88 Å². The Morgan fingerprint density at radius 2 is 2.29 bits per heavy atom. The summed E-state index contributed by atoms with van der Waals surface area (Å²) in [6.45, 7) is 0. The van der Waals surface area contributed by atoms with Crippen LogP contribution in [-0.4, -0.2) is 17.1 Å². The topological polar surface area (TPSA) is 61.0 Å². The molecule has 0 aliphatic heterocycles. The van der Waals surface area contributed by atoms with Gasteiger partial charge in [0, 0.05) is 29.1 Å². The highest BCUT2D eigenvalue weighted by molar-refractivity contribution is 9.11. The highest BCUT2D eigenvalue weighted by Gasteiger charge is 2.11. The van der Waals surface area contributed by atoms with Gasteiger partial charge in [0.2, 0.25) is 5.88 Å². The molecule has 0 saturated carbocycles. The summed E-state index contributed by atoms with van der Waals surface area (Å²) in [6, 6.07) is 5.78. The molecule has 2 N–H and O–H groups in total. The number of nitrogens with two attached hydrogens (primary N) is 1. The second-order valence-electron chi connectivity index (χ2n) is 3.50. The number of ether oxygens (including phenoxy) is 1. The summed E-state index contributed by atoms with van der Waals surface area (Å²) in [5.74, 6) is 0.564. The lowest BCUT2D eigenvalue weighted by Crippen LogP contribution is -2.12. The summed E-state index contributed by atoms with van der Waals surface area (Å²) in [5, 5.41) is 0. The van der Waals surface area contributed by atoms with Crippen molar-refractivity contribution < 1.29 is 4.74 Å². The molecule has 0 radical (unpaired) electrons. The number of hydrogen-bond acceptors (Lipinski definition) is 5. The molecule has 1 unspecified atom stereocenters. The molecule has 0 aliphatic rings. The Hall–Kier alpha value is -0.980. The van der Waals surface area contributed by atoms with Crippen molar-refractivity contribution in [3.05, 3.63) is 38.9 Å². The van der Waals surface area contributed by atoms with Crippen LogP contribution in [0.15, 0.2) is 28.3 Å². The van der Waals surface area contributed by atoms with Gasteiger partial charge in [-0.1, -0.05) is 0 Å². The second kappa shape index (κ2) is 5.57. The van der Waals surface area contributed by atoms with Crippen molar-refractivity contribution in [1.29, 1.82) is 0 Å². The third-order valence-corrected chi connectivity index (χ3v) is 4.05. The highest BCUT2D eigenvalue weighted by atomic mass is 79.9. The molecule has 90 valence electrons. The van der Waals surface area contributed by atoms with E-state index >= 15 is 0 Å². The maximum atomic E-state index is 6.12. The van der Waals surface area contributed by atoms with Gasteiger partial charge in [0.15, 0.2) is 0 Å². The summed E-state index contributed by atoms with van der Waals surface area (Å²) < 4.78 is 6.14. The van der Waals surface area contributed by atoms with Gasteiger partial charge in [0.05, 0.1) is 10.9 Å². The standard InChI is InChI=1S/C11H12BrN3OS/c1-16-11-5-7(14-6-15-11)4-8(13)9-2-3-10(12)17-9/h2-3,5-6,8H,4,13H2,1H3. The Kier molecular flexibility index (Phi) is 4.09. The van der Waals surface area contributed by atoms with E-state index in [-0.39, 0.29) is 6.04 Å². The van der Waals surface area contributed by atoms with Gasteiger partial charge in [0.25, 0.3) is 0 Å². The zero-order valence-electron chi connectivity index (χ0n) is 9.26. The number of halogens is 1. The minimum Gasteiger partial charge on any atom is -0.481 e. The third-order valence-electron chi connectivity index (χ3n) is 2.30. The molecule has 0 saturated heterocycles. The van der Waals surface area contributed by atoms with Gasteiger partial charge < -0.3 is 10.5 Å². The van der Waals surface area contributed by atoms with Gasteiger partial charge in [-0.15, -0.1) is 11.3 Å². The molecular weight excluding hydrogens is 302 g/mol. The Morgan fingerprint density at radius 1 is 1.47 bits per heavy atom. The lowest BCUT2D eigenvalue weighted by molar-refractivity contribution is 0.395. The minimum atomic E-state index is -0.0501. The van der Waals surface area contributed by atoms with E-state index in [9.17, 15) is 0 Å². The van der Waals surface area contributed by atoms with E-state index in [0.717, 1.165) is 14.4 Å². The number of aromatic nitrogens is 2. The monoisotopic (exact) mass is 313 g/mol. The quantitative estimate of drug-likeness (QED) is 0.942. The fraction of sp³-hybridized carbons (Fsp3) is 0.273. The molecule has 2 rings (SSSR count). The van der Waals surface area contributed by atoms with Gasteiger partial charge in [-0.05, 0) is 28.1 Å². The van der Waals surface area contributed by atoms with Crippen LogP contribution in [0.5, 0.6) is 5.88 Å². The van der Waals surface area contributed by atoms with Crippen molar-refractivity contribution in [2.75, 3.05) is 7.11 Å². The van der Waals surface area contributed by atoms with E-state index < -0.39 is 0 Å². The van der Waals surface area contributed by atoms with E-state index in [1.54, 1.807) is 18.4 Å². The summed E-state index contributed by atoms with van der Waals surface area (Å²) >= 11 is 5.07. The normalized spacial score (nSPS) is 12.4. The Labute approximate surface area is 112 Å². The van der Waals surface area contributed by atoms with Crippen LogP contribution in [0.25, 0.3) is 0 Å². The molecule has 0 amide bonds. The van der Waals surface area contributed by atoms with Crippen molar-refractivity contribution >= 4 is 27.3 Å². The van der Waals surface area contributed by atoms with Crippen LogP contribution in [0.1, 0.15) is 16.6 Å². The lowest BCUT2D eigenvalue weighted by Gasteiger charge is -2.09. The molecule has 0 spiro atoms. The number of thiophene rings is 1. The van der Waals surface area contributed by atoms with Gasteiger partial charge in [-0.2, -0.15) is 0 Å². The summed E-state index contributed by atoms with van der Waals surface area (Å²) in [4.78, 5) is 9.28. The molecule has 2 aromatic rings. The largest absolute Gasteiger partial charge is 0.481 e. The molecule has 4 nitrogen and oxygen atoms in total. The molecule has 0 aromatic carbocycles. The maximum Gasteiger partial charge on any atom is 0.216 e. The Morgan fingerprint density at radius 3 is 2.94 bits per heavy atom. The summed E-state index contributed by atoms with van der Waals surface area (Å²) in [7, 11) is 1.59. The summed E-state index contributed by atoms with van der Waals surface area (Å²) in [5.41, 5.74) is 7.00. The predicted octanol–water partition coefficient (Wildman–Crippen LogP) is 2.55. The van der Waals surface area contributed by atoms with Gasteiger partial charge >= 0.3 is 0 Å². The lowest BCUT2D eigenvalue weighted by atomic mass is 10.1. The van der Waals surface area contributed by atoms with Crippen LogP contribution >= 0.6 is 27.3 Å². The molecule has 2 aromatic heterocycles. The van der Waals surface area contributed by atoms with Crippen LogP contribution in [-0.2, 0) is 6.42 Å². The van der Waals surface area contributed by atoms with Crippen molar-refractivity contribution in [3.63, 3.8) is 0 Å². The van der Waals surface area contributed by atoms with E-state index in [0.29, 0.717) is 12.3 Å². The number of hydrogen-bond donors (Lipinski definition) is 1. The van der Waals surface area contributed by atoms with Crippen molar-refractivity contribution in [2.24, 2.45) is 5.73 Å². The summed E-state index contributed by atoms with van der Waals surface area (Å²) in [6.07, 6.45) is 2.16. The van der Waals surface area contributed by atoms with Crippen LogP contribution in [0, 0.1) is 0 Å². The van der Waals surface area contributed by atoms with E-state index in [4.69, 9.17) is 10.5 Å². The molecular formula is C11H12BrN3OS. The van der Waals surface area contributed by atoms with Crippen LogP contribution in [0.2, 0.25) is 0 Å². The first-order valence-corrected chi connectivity index (χ1v) is 6.65. The van der Waals surface area contributed by atoms with Crippen molar-refractivity contribution in [2.45, 2.75) is 12.5 Å². The van der Waals surface area contributed by atoms with Crippen LogP contribution in [0.3, 0.4) is 0 Å². The van der Waals surface area contributed by atoms with Crippen LogP contribution in [0.4, 0.5) is 0 Å². The molecule has 0 bridgehead atoms. The Bertz CT molecular complexity index is 503. The highest BCUT2D eigenvalue weighted by Crippen LogP contribution is 2.27. The average Bonchev–Trinajstić information content (AvgIpc) is 2.76. The van der Waals surface area contributed by atoms with Gasteiger partial charge in [-0.3, -0.25) is 0 Å². The first kappa shape index (κ1) is 12.5. The van der Waals surface area contributed by atoms with E-state index in [1.165, 1.54) is 6.33 Å². The smallest absolute Gasteiger partial charge is 0.216 e. The molecule has 0 fully saturated rings. The number of rotatable bonds is 4. The maximum absolute atomic E-state index is 6.12. The molecule has 2 heterocycles. The number of nitrogens with zero attached hydrogens (tertiary/aromatic N) is 2. The second-order valence-corrected chi connectivity index (χ2v) is 6.00. The van der Waals surface area contributed by atoms with E-state index in [1.807, 2.05) is 18.2 Å².